The number of aliphatic hydroxyl groups is 1. The van der Waals surface area contributed by atoms with Crippen LogP contribution in [0.2, 0.25) is 0 Å². The Labute approximate surface area is 480 Å². The quantitative estimate of drug-likeness (QED) is 0.0272. The number of phosphoric ester groups is 1. The highest BCUT2D eigenvalue weighted by Gasteiger charge is 2.23. The van der Waals surface area contributed by atoms with E-state index in [-0.39, 0.29) is 19.1 Å². The zero-order valence-corrected chi connectivity index (χ0v) is 53.1. The summed E-state index contributed by atoms with van der Waals surface area (Å²) in [4.78, 5) is 25.6. The Morgan fingerprint density at radius 2 is 0.753 bits per heavy atom. The second kappa shape index (κ2) is 59.3. The van der Waals surface area contributed by atoms with Crippen molar-refractivity contribution in [1.29, 1.82) is 0 Å². The van der Waals surface area contributed by atoms with E-state index in [2.05, 4.69) is 43.5 Å². The third kappa shape index (κ3) is 62.2. The number of hydrogen-bond donors (Lipinski definition) is 2. The van der Waals surface area contributed by atoms with Crippen molar-refractivity contribution >= 4 is 13.7 Å². The monoisotopic (exact) mass is 1100 g/mol. The van der Waals surface area contributed by atoms with E-state index in [0.717, 1.165) is 44.9 Å². The van der Waals surface area contributed by atoms with Crippen molar-refractivity contribution in [2.45, 2.75) is 353 Å². The number of quaternary nitrogens is 1. The van der Waals surface area contributed by atoms with Crippen LogP contribution >= 0.6 is 7.82 Å². The van der Waals surface area contributed by atoms with Gasteiger partial charge in [0.15, 0.2) is 0 Å². The topological polar surface area (TPSA) is 108 Å². The van der Waals surface area contributed by atoms with E-state index in [9.17, 15) is 19.4 Å². The second-order valence-corrected chi connectivity index (χ2v) is 25.9. The minimum atomic E-state index is -4.60. The number of nitrogens with zero attached hydrogens (tertiary/aromatic N) is 1. The van der Waals surface area contributed by atoms with Crippen LogP contribution < -0.4 is 10.2 Å². The molecular formula is C68H133N2O6P. The zero-order valence-electron chi connectivity index (χ0n) is 52.2. The summed E-state index contributed by atoms with van der Waals surface area (Å²) in [6, 6.07) is -0.885. The van der Waals surface area contributed by atoms with Crippen LogP contribution in [0.25, 0.3) is 0 Å². The smallest absolute Gasteiger partial charge is 0.268 e. The van der Waals surface area contributed by atoms with Crippen LogP contribution in [-0.4, -0.2) is 68.5 Å². The number of phosphoric acid groups is 1. The molecule has 0 bridgehead atoms. The molecule has 9 heteroatoms. The van der Waals surface area contributed by atoms with Crippen molar-refractivity contribution in [2.24, 2.45) is 0 Å². The molecule has 0 aliphatic rings. The minimum absolute atomic E-state index is 0.00134. The second-order valence-electron chi connectivity index (χ2n) is 24.5. The maximum Gasteiger partial charge on any atom is 0.268 e. The highest BCUT2D eigenvalue weighted by molar-refractivity contribution is 7.45. The van der Waals surface area contributed by atoms with Gasteiger partial charge in [0.1, 0.15) is 13.2 Å². The molecule has 2 N–H and O–H groups in total. The molecule has 1 amide bonds. The number of nitrogens with one attached hydrogen (secondary N) is 1. The zero-order chi connectivity index (χ0) is 56.3. The summed E-state index contributed by atoms with van der Waals surface area (Å²) in [7, 11) is 1.28. The fourth-order valence-corrected chi connectivity index (χ4v) is 11.0. The van der Waals surface area contributed by atoms with E-state index >= 15 is 0 Å². The first-order chi connectivity index (χ1) is 37.5. The molecule has 0 aromatic rings. The highest BCUT2D eigenvalue weighted by Crippen LogP contribution is 2.38. The minimum Gasteiger partial charge on any atom is -0.756 e. The lowest BCUT2D eigenvalue weighted by Crippen LogP contribution is -2.45. The average molecular weight is 1110 g/mol. The molecule has 0 radical (unpaired) electrons. The van der Waals surface area contributed by atoms with Crippen LogP contribution in [-0.2, 0) is 18.4 Å². The summed E-state index contributed by atoms with van der Waals surface area (Å²) in [5.74, 6) is -0.190. The molecule has 0 rings (SSSR count). The molecule has 0 saturated heterocycles. The van der Waals surface area contributed by atoms with Gasteiger partial charge in [-0.25, -0.2) is 0 Å². The van der Waals surface area contributed by atoms with Crippen molar-refractivity contribution in [3.63, 3.8) is 0 Å². The van der Waals surface area contributed by atoms with Crippen molar-refractivity contribution < 1.29 is 32.9 Å². The number of allylic oxidation sites excluding steroid dienone is 5. The fraction of sp³-hybridized carbons (Fsp3) is 0.897. The van der Waals surface area contributed by atoms with E-state index in [1.807, 2.05) is 27.2 Å². The number of unbranched alkanes of at least 4 members (excludes halogenated alkanes) is 46. The van der Waals surface area contributed by atoms with Crippen LogP contribution in [0.4, 0.5) is 0 Å². The first-order valence-electron chi connectivity index (χ1n) is 33.9. The SMILES string of the molecule is CCCCCCC/C=C\C/C=C\CCCCCCCCCCCCCCCCCCCCCCCCCC(=O)NC(COP(=O)([O-])OCC[N+](C)(C)C)C(O)/C=C/CCCCCCCCCCCCCCCCCCCC. The summed E-state index contributed by atoms with van der Waals surface area (Å²) in [6.45, 7) is 4.69. The summed E-state index contributed by atoms with van der Waals surface area (Å²) in [5, 5.41) is 13.9. The third-order valence-corrected chi connectivity index (χ3v) is 16.6. The van der Waals surface area contributed by atoms with E-state index in [1.165, 1.54) is 276 Å². The Hall–Kier alpha value is -1.28. The van der Waals surface area contributed by atoms with E-state index in [1.54, 1.807) is 6.08 Å². The maximum atomic E-state index is 13.0. The lowest BCUT2D eigenvalue weighted by Gasteiger charge is -2.29. The molecule has 0 aliphatic carbocycles. The van der Waals surface area contributed by atoms with E-state index in [4.69, 9.17) is 9.05 Å². The molecule has 3 atom stereocenters. The van der Waals surface area contributed by atoms with Crippen molar-refractivity contribution in [3.8, 4) is 0 Å². The van der Waals surface area contributed by atoms with Crippen LogP contribution in [0.1, 0.15) is 341 Å². The predicted molar refractivity (Wildman–Crippen MR) is 335 cm³/mol. The number of aliphatic hydroxyl groups excluding tert-OH is 1. The maximum absolute atomic E-state index is 13.0. The van der Waals surface area contributed by atoms with Gasteiger partial charge in [0.25, 0.3) is 7.82 Å². The van der Waals surface area contributed by atoms with Crippen molar-refractivity contribution in [3.05, 3.63) is 36.5 Å². The number of rotatable bonds is 63. The van der Waals surface area contributed by atoms with Gasteiger partial charge < -0.3 is 28.8 Å². The van der Waals surface area contributed by atoms with Gasteiger partial charge in [-0.3, -0.25) is 9.36 Å². The summed E-state index contributed by atoms with van der Waals surface area (Å²) in [5.41, 5.74) is 0. The predicted octanol–water partition coefficient (Wildman–Crippen LogP) is 20.6. The standard InChI is InChI=1S/C68H133N2O6P/c1-6-8-10-12-14-16-18-20-22-24-26-28-29-30-31-32-33-34-35-36-37-38-39-40-41-42-44-46-48-50-52-54-56-58-60-62-68(72)69-66(65-76-77(73,74)75-64-63-70(3,4)5)67(71)61-59-57-55-53-51-49-47-45-43-27-25-23-21-19-17-15-13-11-9-7-2/h18,20,24,26,59,61,66-67,71H,6-17,19,21-23,25,27-58,60,62-65H2,1-5H3,(H-,69,72,73,74)/b20-18-,26-24-,61-59+. The molecule has 3 unspecified atom stereocenters. The number of carbonyl (C=O) groups is 1. The van der Waals surface area contributed by atoms with Gasteiger partial charge in [0.2, 0.25) is 5.91 Å². The first-order valence-corrected chi connectivity index (χ1v) is 35.3. The van der Waals surface area contributed by atoms with E-state index in [0.29, 0.717) is 17.4 Å². The summed E-state index contributed by atoms with van der Waals surface area (Å²) < 4.78 is 23.4. The first kappa shape index (κ1) is 75.7. The molecule has 77 heavy (non-hydrogen) atoms. The van der Waals surface area contributed by atoms with Gasteiger partial charge in [-0.15, -0.1) is 0 Å². The molecule has 0 aromatic carbocycles. The average Bonchev–Trinajstić information content (AvgIpc) is 3.39. The van der Waals surface area contributed by atoms with Crippen molar-refractivity contribution in [1.82, 2.24) is 5.32 Å². The molecule has 0 spiro atoms. The normalized spacial score (nSPS) is 13.9. The molecular weight excluding hydrogens is 972 g/mol. The molecule has 0 saturated carbocycles. The number of likely N-dealkylation sites (N-methyl/N-ethyl adjacent to an activating group) is 1. The lowest BCUT2D eigenvalue weighted by molar-refractivity contribution is -0.870. The number of hydrogen-bond acceptors (Lipinski definition) is 6. The Kier molecular flexibility index (Phi) is 58.4. The Balaban J connectivity index is 3.99. The van der Waals surface area contributed by atoms with E-state index < -0.39 is 20.0 Å². The van der Waals surface area contributed by atoms with Gasteiger partial charge >= 0.3 is 0 Å². The summed E-state index contributed by atoms with van der Waals surface area (Å²) in [6.07, 6.45) is 78.3. The third-order valence-electron chi connectivity index (χ3n) is 15.6. The molecule has 0 heterocycles. The van der Waals surface area contributed by atoms with Gasteiger partial charge in [-0.05, 0) is 51.4 Å². The van der Waals surface area contributed by atoms with Crippen LogP contribution in [0.15, 0.2) is 36.5 Å². The van der Waals surface area contributed by atoms with Crippen LogP contribution in [0, 0.1) is 0 Å². The molecule has 0 fully saturated rings. The molecule has 0 aliphatic heterocycles. The summed E-state index contributed by atoms with van der Waals surface area (Å²) >= 11 is 0. The highest BCUT2D eigenvalue weighted by atomic mass is 31.2. The van der Waals surface area contributed by atoms with Gasteiger partial charge in [-0.2, -0.15) is 0 Å². The molecule has 456 valence electrons. The number of amides is 1. The number of carbonyl (C=O) groups excluding carboxylic acids is 1. The van der Waals surface area contributed by atoms with Gasteiger partial charge in [0, 0.05) is 6.42 Å². The van der Waals surface area contributed by atoms with Crippen molar-refractivity contribution in [2.75, 3.05) is 40.9 Å². The van der Waals surface area contributed by atoms with Gasteiger partial charge in [-0.1, -0.05) is 320 Å². The molecule has 8 nitrogen and oxygen atoms in total. The Morgan fingerprint density at radius 3 is 1.08 bits per heavy atom. The lowest BCUT2D eigenvalue weighted by atomic mass is 10.0. The Bertz CT molecular complexity index is 1350. The van der Waals surface area contributed by atoms with Gasteiger partial charge in [0.05, 0.1) is 39.9 Å². The van der Waals surface area contributed by atoms with Crippen LogP contribution in [0.5, 0.6) is 0 Å². The Morgan fingerprint density at radius 1 is 0.455 bits per heavy atom. The fourth-order valence-electron chi connectivity index (χ4n) is 10.3. The largest absolute Gasteiger partial charge is 0.756 e. The molecule has 0 aromatic heterocycles. The van der Waals surface area contributed by atoms with Crippen LogP contribution in [0.3, 0.4) is 0 Å².